The maximum Gasteiger partial charge on any atom is 0.335 e. The van der Waals surface area contributed by atoms with Crippen LogP contribution in [-0.4, -0.2) is 38.5 Å². The summed E-state index contributed by atoms with van der Waals surface area (Å²) >= 11 is 5.69. The molecule has 4 N–H and O–H groups in total. The summed E-state index contributed by atoms with van der Waals surface area (Å²) in [6.45, 7) is 0. The number of hydrogen-bond acceptors (Lipinski definition) is 4. The maximum atomic E-state index is 10.7. The topological polar surface area (TPSA) is 115 Å². The molecule has 0 spiro atoms. The highest BCUT2D eigenvalue weighted by Crippen LogP contribution is 2.25. The zero-order valence-electron chi connectivity index (χ0n) is 9.08. The van der Waals surface area contributed by atoms with Crippen LogP contribution in [0.3, 0.4) is 0 Å². The summed E-state index contributed by atoms with van der Waals surface area (Å²) in [5.41, 5.74) is 0.180. The fourth-order valence-electron chi connectivity index (χ4n) is 1.48. The number of carboxylic acid groups (broad SMARTS) is 2. The number of carbonyl (C=O) groups is 2. The number of halogens is 1. The van der Waals surface area contributed by atoms with Crippen molar-refractivity contribution in [2.75, 3.05) is 0 Å². The second-order valence-electron chi connectivity index (χ2n) is 3.64. The molecule has 2 atom stereocenters. The van der Waals surface area contributed by atoms with Crippen molar-refractivity contribution in [3.05, 3.63) is 34.3 Å². The molecule has 0 aliphatic heterocycles. The summed E-state index contributed by atoms with van der Waals surface area (Å²) in [4.78, 5) is 21.2. The molecular weight excluding hydrogens is 264 g/mol. The van der Waals surface area contributed by atoms with Crippen LogP contribution in [-0.2, 0) is 16.0 Å². The van der Waals surface area contributed by atoms with Gasteiger partial charge in [-0.05, 0) is 23.3 Å². The van der Waals surface area contributed by atoms with E-state index in [9.17, 15) is 19.8 Å². The van der Waals surface area contributed by atoms with Gasteiger partial charge >= 0.3 is 11.9 Å². The molecule has 0 saturated carbocycles. The molecule has 1 aromatic carbocycles. The molecule has 0 aromatic heterocycles. The molecule has 0 bridgehead atoms. The average molecular weight is 275 g/mol. The van der Waals surface area contributed by atoms with Gasteiger partial charge in [0.2, 0.25) is 0 Å². The number of aliphatic hydroxyl groups excluding tert-OH is 2. The van der Waals surface area contributed by atoms with Gasteiger partial charge in [-0.3, -0.25) is 4.79 Å². The first-order valence-electron chi connectivity index (χ1n) is 4.92. The van der Waals surface area contributed by atoms with Crippen LogP contribution in [0.15, 0.2) is 18.2 Å². The molecule has 18 heavy (non-hydrogen) atoms. The average Bonchev–Trinajstić information content (AvgIpc) is 2.26. The Morgan fingerprint density at radius 3 is 2.33 bits per heavy atom. The van der Waals surface area contributed by atoms with Crippen molar-refractivity contribution in [3.8, 4) is 0 Å². The lowest BCUT2D eigenvalue weighted by Gasteiger charge is -2.17. The van der Waals surface area contributed by atoms with E-state index in [4.69, 9.17) is 21.8 Å². The Balaban J connectivity index is 3.14. The van der Waals surface area contributed by atoms with Crippen LogP contribution < -0.4 is 0 Å². The summed E-state index contributed by atoms with van der Waals surface area (Å²) in [6.07, 6.45) is -4.17. The fourth-order valence-corrected chi connectivity index (χ4v) is 1.68. The van der Waals surface area contributed by atoms with Gasteiger partial charge in [0.15, 0.2) is 6.10 Å². The molecule has 98 valence electrons. The first kappa shape index (κ1) is 14.4. The van der Waals surface area contributed by atoms with Crippen LogP contribution in [0.1, 0.15) is 17.2 Å². The van der Waals surface area contributed by atoms with Gasteiger partial charge in [0.05, 0.1) is 6.42 Å². The van der Waals surface area contributed by atoms with Gasteiger partial charge in [-0.2, -0.15) is 0 Å². The number of benzene rings is 1. The zero-order chi connectivity index (χ0) is 13.9. The van der Waals surface area contributed by atoms with E-state index >= 15 is 0 Å². The Hall–Kier alpha value is -1.63. The van der Waals surface area contributed by atoms with E-state index in [1.54, 1.807) is 0 Å². The molecule has 0 aliphatic rings. The smallest absolute Gasteiger partial charge is 0.335 e. The number of aliphatic carboxylic acids is 2. The third kappa shape index (κ3) is 3.43. The molecule has 6 nitrogen and oxygen atoms in total. The highest BCUT2D eigenvalue weighted by molar-refractivity contribution is 6.30. The Bertz CT molecular complexity index is 473. The van der Waals surface area contributed by atoms with Crippen LogP contribution in [0.5, 0.6) is 0 Å². The predicted octanol–water partition coefficient (Wildman–Crippen LogP) is 0.446. The van der Waals surface area contributed by atoms with Crippen molar-refractivity contribution in [2.45, 2.75) is 18.6 Å². The maximum absolute atomic E-state index is 10.7. The van der Waals surface area contributed by atoms with Crippen molar-refractivity contribution in [2.24, 2.45) is 0 Å². The molecule has 1 rings (SSSR count). The molecule has 0 heterocycles. The summed E-state index contributed by atoms with van der Waals surface area (Å²) in [5.74, 6) is -2.76. The Morgan fingerprint density at radius 1 is 1.22 bits per heavy atom. The summed E-state index contributed by atoms with van der Waals surface area (Å²) in [6, 6.07) is 3.97. The van der Waals surface area contributed by atoms with E-state index in [0.717, 1.165) is 0 Å². The fraction of sp³-hybridized carbons (Fsp3) is 0.273. The third-order valence-electron chi connectivity index (χ3n) is 2.32. The minimum Gasteiger partial charge on any atom is -0.481 e. The van der Waals surface area contributed by atoms with Gasteiger partial charge in [-0.1, -0.05) is 17.7 Å². The number of hydrogen-bond donors (Lipinski definition) is 4. The lowest BCUT2D eigenvalue weighted by atomic mass is 9.96. The molecule has 0 radical (unpaired) electrons. The second kappa shape index (κ2) is 5.81. The minimum absolute atomic E-state index is 0.0247. The zero-order valence-corrected chi connectivity index (χ0v) is 9.83. The molecule has 2 unspecified atom stereocenters. The van der Waals surface area contributed by atoms with E-state index in [-0.39, 0.29) is 16.1 Å². The van der Waals surface area contributed by atoms with E-state index in [1.807, 2.05) is 0 Å². The lowest BCUT2D eigenvalue weighted by molar-refractivity contribution is -0.153. The molecule has 1 aromatic rings. The number of rotatable bonds is 5. The minimum atomic E-state index is -2.03. The van der Waals surface area contributed by atoms with Crippen LogP contribution in [0.25, 0.3) is 0 Å². The van der Waals surface area contributed by atoms with E-state index in [0.29, 0.717) is 0 Å². The van der Waals surface area contributed by atoms with E-state index < -0.39 is 30.6 Å². The van der Waals surface area contributed by atoms with E-state index in [1.165, 1.54) is 18.2 Å². The Kier molecular flexibility index (Phi) is 4.66. The highest BCUT2D eigenvalue weighted by atomic mass is 35.5. The molecular formula is C11H11ClO6. The Morgan fingerprint density at radius 2 is 1.83 bits per heavy atom. The summed E-state index contributed by atoms with van der Waals surface area (Å²) in [7, 11) is 0. The van der Waals surface area contributed by atoms with Crippen LogP contribution >= 0.6 is 11.6 Å². The van der Waals surface area contributed by atoms with Crippen LogP contribution in [0, 0.1) is 0 Å². The quantitative estimate of drug-likeness (QED) is 0.619. The summed E-state index contributed by atoms with van der Waals surface area (Å²) in [5, 5.41) is 36.5. The van der Waals surface area contributed by atoms with Crippen LogP contribution in [0.2, 0.25) is 5.02 Å². The lowest BCUT2D eigenvalue weighted by Crippen LogP contribution is -2.28. The molecule has 0 aliphatic carbocycles. The van der Waals surface area contributed by atoms with Crippen molar-refractivity contribution < 1.29 is 30.0 Å². The van der Waals surface area contributed by atoms with Gasteiger partial charge in [0.1, 0.15) is 6.10 Å². The highest BCUT2D eigenvalue weighted by Gasteiger charge is 2.27. The number of aliphatic hydroxyl groups is 2. The van der Waals surface area contributed by atoms with Crippen molar-refractivity contribution in [1.29, 1.82) is 0 Å². The monoisotopic (exact) mass is 274 g/mol. The van der Waals surface area contributed by atoms with Crippen molar-refractivity contribution >= 4 is 23.5 Å². The van der Waals surface area contributed by atoms with Crippen molar-refractivity contribution in [3.63, 3.8) is 0 Å². The first-order valence-corrected chi connectivity index (χ1v) is 5.29. The van der Waals surface area contributed by atoms with Crippen LogP contribution in [0.4, 0.5) is 0 Å². The van der Waals surface area contributed by atoms with Gasteiger partial charge in [-0.25, -0.2) is 4.79 Å². The van der Waals surface area contributed by atoms with Gasteiger partial charge in [0, 0.05) is 5.02 Å². The largest absolute Gasteiger partial charge is 0.481 e. The molecule has 7 heteroatoms. The molecule has 0 amide bonds. The van der Waals surface area contributed by atoms with Gasteiger partial charge < -0.3 is 20.4 Å². The SMILES string of the molecule is O=C(O)Cc1cc(Cl)ccc1C(O)C(O)C(=O)O. The Labute approximate surface area is 107 Å². The normalized spacial score (nSPS) is 13.9. The predicted molar refractivity (Wildman–Crippen MR) is 61.4 cm³/mol. The van der Waals surface area contributed by atoms with Crippen molar-refractivity contribution in [1.82, 2.24) is 0 Å². The second-order valence-corrected chi connectivity index (χ2v) is 4.08. The summed E-state index contributed by atoms with van der Waals surface area (Å²) < 4.78 is 0. The molecule has 0 saturated heterocycles. The van der Waals surface area contributed by atoms with E-state index in [2.05, 4.69) is 0 Å². The van der Waals surface area contributed by atoms with Gasteiger partial charge in [0.25, 0.3) is 0 Å². The standard InChI is InChI=1S/C11H11ClO6/c12-6-1-2-7(5(3-6)4-8(13)14)9(15)10(16)11(17)18/h1-3,9-10,15-16H,4H2,(H,13,14)(H,17,18). The number of carboxylic acids is 2. The molecule has 0 fully saturated rings. The third-order valence-corrected chi connectivity index (χ3v) is 2.55. The van der Waals surface area contributed by atoms with Gasteiger partial charge in [-0.15, -0.1) is 0 Å². The first-order chi connectivity index (χ1) is 8.32.